The molecule has 0 unspecified atom stereocenters. The summed E-state index contributed by atoms with van der Waals surface area (Å²) in [6.07, 6.45) is -2.19. The number of hydrogen-bond acceptors (Lipinski definition) is 5. The third-order valence-electron chi connectivity index (χ3n) is 4.38. The third-order valence-corrected chi connectivity index (χ3v) is 4.66. The van der Waals surface area contributed by atoms with E-state index in [-0.39, 0.29) is 23.4 Å². The number of halogens is 4. The molecule has 3 heterocycles. The average molecular weight is 452 g/mol. The average Bonchev–Trinajstić information content (AvgIpc) is 3.25. The Kier molecular flexibility index (Phi) is 5.01. The fourth-order valence-electron chi connectivity index (χ4n) is 2.89. The largest absolute Gasteiger partial charge is 0.436 e. The molecule has 0 atom stereocenters. The number of amides is 1. The van der Waals surface area contributed by atoms with Gasteiger partial charge in [0, 0.05) is 18.8 Å². The van der Waals surface area contributed by atoms with Crippen LogP contribution in [-0.2, 0) is 19.8 Å². The Bertz CT molecular complexity index is 1340. The molecule has 0 saturated heterocycles. The molecule has 160 valence electrons. The summed E-state index contributed by atoms with van der Waals surface area (Å²) in [5.41, 5.74) is -0.430. The lowest BCUT2D eigenvalue weighted by atomic mass is 10.1. The van der Waals surface area contributed by atoms with E-state index in [0.717, 1.165) is 10.9 Å². The van der Waals surface area contributed by atoms with Crippen molar-refractivity contribution in [3.05, 3.63) is 68.9 Å². The minimum Gasteiger partial charge on any atom is -0.292 e. The Morgan fingerprint density at radius 2 is 1.97 bits per heavy atom. The van der Waals surface area contributed by atoms with Crippen LogP contribution in [0.1, 0.15) is 21.6 Å². The summed E-state index contributed by atoms with van der Waals surface area (Å²) in [6.45, 7) is 0.0315. The Balaban J connectivity index is 1.49. The van der Waals surface area contributed by atoms with Crippen molar-refractivity contribution >= 4 is 34.5 Å². The van der Waals surface area contributed by atoms with Gasteiger partial charge >= 0.3 is 6.18 Å². The van der Waals surface area contributed by atoms with Crippen molar-refractivity contribution < 1.29 is 18.0 Å². The number of nitrogens with one attached hydrogen (secondary N) is 2. The zero-order valence-electron chi connectivity index (χ0n) is 15.7. The van der Waals surface area contributed by atoms with Crippen LogP contribution >= 0.6 is 11.6 Å². The number of carbonyl (C=O) groups excluding carboxylic acids is 1. The molecular formula is C18H13ClF3N7O2. The van der Waals surface area contributed by atoms with E-state index in [4.69, 9.17) is 11.6 Å². The van der Waals surface area contributed by atoms with Gasteiger partial charge in [0.15, 0.2) is 11.3 Å². The number of aromatic nitrogens is 6. The second-order valence-corrected chi connectivity index (χ2v) is 7.00. The first-order valence-electron chi connectivity index (χ1n) is 8.74. The predicted octanol–water partition coefficient (Wildman–Crippen LogP) is 2.83. The molecule has 0 bridgehead atoms. The molecule has 0 aliphatic carbocycles. The molecule has 2 N–H and O–H groups in total. The number of rotatable bonds is 4. The Labute approximate surface area is 176 Å². The van der Waals surface area contributed by atoms with Crippen molar-refractivity contribution in [2.75, 3.05) is 5.32 Å². The second kappa shape index (κ2) is 7.54. The first-order chi connectivity index (χ1) is 14.6. The van der Waals surface area contributed by atoms with Gasteiger partial charge in [-0.1, -0.05) is 23.7 Å². The van der Waals surface area contributed by atoms with Crippen LogP contribution in [0.15, 0.2) is 41.5 Å². The van der Waals surface area contributed by atoms with Crippen LogP contribution < -0.4 is 10.9 Å². The first kappa shape index (κ1) is 20.6. The zero-order chi connectivity index (χ0) is 22.3. The molecular weight excluding hydrogens is 439 g/mol. The van der Waals surface area contributed by atoms with E-state index in [1.54, 1.807) is 19.2 Å². The number of hydrogen-bond donors (Lipinski definition) is 2. The SMILES string of the molecule is Cn1ncc2c(=O)[nH]c(NC(=O)c3ccc(Cn4cc(Cl)c(C(F)(F)F)n4)cc3)nc21. The van der Waals surface area contributed by atoms with E-state index in [1.807, 2.05) is 0 Å². The minimum absolute atomic E-state index is 0.0315. The quantitative estimate of drug-likeness (QED) is 0.495. The molecule has 3 aromatic heterocycles. The smallest absolute Gasteiger partial charge is 0.292 e. The topological polar surface area (TPSA) is 110 Å². The van der Waals surface area contributed by atoms with Crippen molar-refractivity contribution in [2.45, 2.75) is 12.7 Å². The Hall–Kier alpha value is -3.67. The van der Waals surface area contributed by atoms with E-state index >= 15 is 0 Å². The standard InChI is InChI=1S/C18H13ClF3N7O2/c1-28-14-11(6-23-28)16(31)26-17(24-14)25-15(30)10-4-2-9(3-5-10)7-29-8-12(19)13(27-29)18(20,21)22/h2-6,8H,7H2,1H3,(H2,24,25,26,30,31). The number of carbonyl (C=O) groups is 1. The summed E-state index contributed by atoms with van der Waals surface area (Å²) in [7, 11) is 1.61. The van der Waals surface area contributed by atoms with Crippen LogP contribution in [0.2, 0.25) is 5.02 Å². The number of fused-ring (bicyclic) bond motifs is 1. The first-order valence-corrected chi connectivity index (χ1v) is 9.12. The molecule has 0 saturated carbocycles. The third kappa shape index (κ3) is 4.14. The van der Waals surface area contributed by atoms with E-state index in [2.05, 4.69) is 25.5 Å². The molecule has 13 heteroatoms. The van der Waals surface area contributed by atoms with Gasteiger partial charge in [0.05, 0.1) is 17.8 Å². The van der Waals surface area contributed by atoms with Crippen LogP contribution in [0.25, 0.3) is 11.0 Å². The number of nitrogens with zero attached hydrogens (tertiary/aromatic N) is 5. The molecule has 0 fully saturated rings. The molecule has 4 rings (SSSR count). The number of anilines is 1. The van der Waals surface area contributed by atoms with Crippen LogP contribution in [0, 0.1) is 0 Å². The van der Waals surface area contributed by atoms with Gasteiger partial charge in [-0.05, 0) is 17.7 Å². The number of benzene rings is 1. The molecule has 0 aliphatic rings. The lowest BCUT2D eigenvalue weighted by Gasteiger charge is -2.07. The molecule has 0 radical (unpaired) electrons. The molecule has 0 spiro atoms. The summed E-state index contributed by atoms with van der Waals surface area (Å²) in [5.74, 6) is -0.571. The van der Waals surface area contributed by atoms with E-state index in [1.165, 1.54) is 23.0 Å². The number of aromatic amines is 1. The number of H-pyrrole nitrogens is 1. The van der Waals surface area contributed by atoms with Gasteiger partial charge in [-0.25, -0.2) is 0 Å². The summed E-state index contributed by atoms with van der Waals surface area (Å²) in [4.78, 5) is 31.1. The van der Waals surface area contributed by atoms with Gasteiger partial charge in [0.1, 0.15) is 5.39 Å². The number of aryl methyl sites for hydroxylation is 1. The van der Waals surface area contributed by atoms with Crippen molar-refractivity contribution in [3.63, 3.8) is 0 Å². The Morgan fingerprint density at radius 1 is 1.26 bits per heavy atom. The second-order valence-electron chi connectivity index (χ2n) is 6.59. The molecule has 31 heavy (non-hydrogen) atoms. The zero-order valence-corrected chi connectivity index (χ0v) is 16.5. The molecule has 1 aromatic carbocycles. The van der Waals surface area contributed by atoms with Gasteiger partial charge in [-0.15, -0.1) is 0 Å². The fourth-order valence-corrected chi connectivity index (χ4v) is 3.15. The summed E-state index contributed by atoms with van der Waals surface area (Å²) >= 11 is 5.60. The molecule has 0 aliphatic heterocycles. The summed E-state index contributed by atoms with van der Waals surface area (Å²) in [5, 5.41) is 9.70. The van der Waals surface area contributed by atoms with Crippen molar-refractivity contribution in [2.24, 2.45) is 7.05 Å². The molecule has 9 nitrogen and oxygen atoms in total. The van der Waals surface area contributed by atoms with Crippen molar-refractivity contribution in [1.29, 1.82) is 0 Å². The summed E-state index contributed by atoms with van der Waals surface area (Å²) in [6, 6.07) is 6.11. The van der Waals surface area contributed by atoms with Gasteiger partial charge in [0.2, 0.25) is 5.95 Å². The maximum absolute atomic E-state index is 12.8. The maximum Gasteiger partial charge on any atom is 0.436 e. The fraction of sp³-hybridized carbons (Fsp3) is 0.167. The minimum atomic E-state index is -4.64. The highest BCUT2D eigenvalue weighted by Crippen LogP contribution is 2.33. The highest BCUT2D eigenvalue weighted by Gasteiger charge is 2.36. The maximum atomic E-state index is 12.8. The van der Waals surface area contributed by atoms with Gasteiger partial charge < -0.3 is 0 Å². The monoisotopic (exact) mass is 451 g/mol. The lowest BCUT2D eigenvalue weighted by Crippen LogP contribution is -2.18. The van der Waals surface area contributed by atoms with E-state index in [0.29, 0.717) is 11.2 Å². The lowest BCUT2D eigenvalue weighted by molar-refractivity contribution is -0.141. The normalized spacial score (nSPS) is 11.8. The van der Waals surface area contributed by atoms with Gasteiger partial charge in [-0.3, -0.25) is 29.3 Å². The Morgan fingerprint density at radius 3 is 2.61 bits per heavy atom. The van der Waals surface area contributed by atoms with Crippen molar-refractivity contribution in [3.8, 4) is 0 Å². The van der Waals surface area contributed by atoms with Crippen molar-refractivity contribution in [1.82, 2.24) is 29.5 Å². The highest BCUT2D eigenvalue weighted by molar-refractivity contribution is 6.31. The van der Waals surface area contributed by atoms with E-state index < -0.39 is 28.4 Å². The van der Waals surface area contributed by atoms with Gasteiger partial charge in [-0.2, -0.15) is 28.4 Å². The summed E-state index contributed by atoms with van der Waals surface area (Å²) < 4.78 is 40.9. The highest BCUT2D eigenvalue weighted by atomic mass is 35.5. The van der Waals surface area contributed by atoms with Crippen LogP contribution in [-0.4, -0.2) is 35.4 Å². The van der Waals surface area contributed by atoms with Gasteiger partial charge in [0.25, 0.3) is 11.5 Å². The van der Waals surface area contributed by atoms with Crippen LogP contribution in [0.5, 0.6) is 0 Å². The van der Waals surface area contributed by atoms with E-state index in [9.17, 15) is 22.8 Å². The van der Waals surface area contributed by atoms with Crippen LogP contribution in [0.4, 0.5) is 19.1 Å². The van der Waals surface area contributed by atoms with Crippen LogP contribution in [0.3, 0.4) is 0 Å². The predicted molar refractivity (Wildman–Crippen MR) is 105 cm³/mol. The molecule has 1 amide bonds. The number of alkyl halides is 3. The molecule has 4 aromatic rings.